The van der Waals surface area contributed by atoms with Gasteiger partial charge in [-0.05, 0) is 19.1 Å². The summed E-state index contributed by atoms with van der Waals surface area (Å²) in [7, 11) is -0.414. The second kappa shape index (κ2) is 6.88. The number of nitrogens with zero attached hydrogens (tertiary/aromatic N) is 3. The quantitative estimate of drug-likeness (QED) is 0.793. The Morgan fingerprint density at radius 2 is 2.09 bits per heavy atom. The minimum Gasteiger partial charge on any atom is -0.351 e. The molecule has 0 atom stereocenters. The van der Waals surface area contributed by atoms with Gasteiger partial charge in [-0.2, -0.15) is 5.10 Å². The first-order valence-electron chi connectivity index (χ1n) is 6.97. The highest BCUT2D eigenvalue weighted by Crippen LogP contribution is 2.16. The molecular formula is C14H19N5O3S. The molecular weight excluding hydrogens is 318 g/mol. The standard InChI is InChI=1S/C14H19N5O3S/c1-10-16-13(18-17-10)11-5-4-6-12(9-11)14(20)15-7-8-23(21,22)19(2)3/h4-6,9H,7-8H2,1-3H3,(H,15,20)(H,16,17,18). The Kier molecular flexibility index (Phi) is 5.12. The van der Waals surface area contributed by atoms with Crippen molar-refractivity contribution in [2.24, 2.45) is 0 Å². The van der Waals surface area contributed by atoms with Gasteiger partial charge >= 0.3 is 0 Å². The maximum atomic E-state index is 12.1. The van der Waals surface area contributed by atoms with Crippen LogP contribution in [0.4, 0.5) is 0 Å². The molecule has 1 aromatic carbocycles. The fourth-order valence-corrected chi connectivity index (χ4v) is 2.57. The number of amides is 1. The lowest BCUT2D eigenvalue weighted by Gasteiger charge is -2.11. The van der Waals surface area contributed by atoms with Gasteiger partial charge in [-0.25, -0.2) is 17.7 Å². The molecule has 0 radical (unpaired) electrons. The van der Waals surface area contributed by atoms with Crippen molar-refractivity contribution in [1.82, 2.24) is 24.8 Å². The molecule has 2 aromatic rings. The number of hydrogen-bond acceptors (Lipinski definition) is 5. The number of benzene rings is 1. The molecule has 9 heteroatoms. The zero-order chi connectivity index (χ0) is 17.0. The molecule has 0 saturated carbocycles. The summed E-state index contributed by atoms with van der Waals surface area (Å²) in [6.07, 6.45) is 0. The monoisotopic (exact) mass is 337 g/mol. The molecule has 1 aromatic heterocycles. The number of aromatic nitrogens is 3. The van der Waals surface area contributed by atoms with Crippen LogP contribution in [-0.4, -0.2) is 60.2 Å². The molecule has 2 rings (SSSR count). The SMILES string of the molecule is Cc1nc(-c2cccc(C(=O)NCCS(=O)(=O)N(C)C)c2)n[nH]1. The third kappa shape index (κ3) is 4.36. The number of aromatic amines is 1. The Bertz CT molecular complexity index is 798. The van der Waals surface area contributed by atoms with Gasteiger partial charge in [0.25, 0.3) is 5.91 Å². The van der Waals surface area contributed by atoms with Crippen LogP contribution >= 0.6 is 0 Å². The van der Waals surface area contributed by atoms with E-state index >= 15 is 0 Å². The number of hydrogen-bond donors (Lipinski definition) is 2. The van der Waals surface area contributed by atoms with Crippen LogP contribution in [0.15, 0.2) is 24.3 Å². The van der Waals surface area contributed by atoms with E-state index in [0.717, 1.165) is 4.31 Å². The second-order valence-electron chi connectivity index (χ2n) is 5.18. The summed E-state index contributed by atoms with van der Waals surface area (Å²) in [4.78, 5) is 16.3. The number of aryl methyl sites for hydroxylation is 1. The van der Waals surface area contributed by atoms with Crippen molar-refractivity contribution in [1.29, 1.82) is 0 Å². The number of sulfonamides is 1. The van der Waals surface area contributed by atoms with E-state index in [2.05, 4.69) is 20.5 Å². The first-order chi connectivity index (χ1) is 10.8. The molecule has 0 spiro atoms. The zero-order valence-electron chi connectivity index (χ0n) is 13.2. The molecule has 0 saturated heterocycles. The highest BCUT2D eigenvalue weighted by molar-refractivity contribution is 7.89. The van der Waals surface area contributed by atoms with Crippen molar-refractivity contribution in [2.75, 3.05) is 26.4 Å². The van der Waals surface area contributed by atoms with Crippen LogP contribution in [0.1, 0.15) is 16.2 Å². The fraction of sp³-hybridized carbons (Fsp3) is 0.357. The van der Waals surface area contributed by atoms with Crippen LogP contribution in [-0.2, 0) is 10.0 Å². The van der Waals surface area contributed by atoms with Gasteiger partial charge in [0.1, 0.15) is 5.82 Å². The molecule has 124 valence electrons. The summed E-state index contributed by atoms with van der Waals surface area (Å²) >= 11 is 0. The highest BCUT2D eigenvalue weighted by atomic mass is 32.2. The lowest BCUT2D eigenvalue weighted by atomic mass is 10.1. The molecule has 1 amide bonds. The van der Waals surface area contributed by atoms with Crippen molar-refractivity contribution < 1.29 is 13.2 Å². The number of rotatable bonds is 6. The van der Waals surface area contributed by atoms with Crippen LogP contribution < -0.4 is 5.32 Å². The van der Waals surface area contributed by atoms with Crippen molar-refractivity contribution in [3.8, 4) is 11.4 Å². The van der Waals surface area contributed by atoms with E-state index in [1.807, 2.05) is 0 Å². The first kappa shape index (κ1) is 17.1. The third-order valence-corrected chi connectivity index (χ3v) is 5.01. The zero-order valence-corrected chi connectivity index (χ0v) is 14.0. The van der Waals surface area contributed by atoms with Gasteiger partial charge in [-0.15, -0.1) is 0 Å². The van der Waals surface area contributed by atoms with E-state index in [1.165, 1.54) is 14.1 Å². The Balaban J connectivity index is 2.03. The molecule has 0 aliphatic heterocycles. The van der Waals surface area contributed by atoms with E-state index in [-0.39, 0.29) is 18.2 Å². The average molecular weight is 337 g/mol. The van der Waals surface area contributed by atoms with Crippen LogP contribution in [0.25, 0.3) is 11.4 Å². The fourth-order valence-electron chi connectivity index (χ4n) is 1.85. The number of carbonyl (C=O) groups excluding carboxylic acids is 1. The second-order valence-corrected chi connectivity index (χ2v) is 7.48. The maximum Gasteiger partial charge on any atom is 0.251 e. The van der Waals surface area contributed by atoms with Gasteiger partial charge in [-0.1, -0.05) is 12.1 Å². The van der Waals surface area contributed by atoms with E-state index in [1.54, 1.807) is 31.2 Å². The van der Waals surface area contributed by atoms with Crippen LogP contribution in [0.3, 0.4) is 0 Å². The van der Waals surface area contributed by atoms with Crippen molar-refractivity contribution >= 4 is 15.9 Å². The maximum absolute atomic E-state index is 12.1. The summed E-state index contributed by atoms with van der Waals surface area (Å²) in [5.74, 6) is 0.704. The minimum atomic E-state index is -3.33. The predicted molar refractivity (Wildman–Crippen MR) is 86.4 cm³/mol. The summed E-state index contributed by atoms with van der Waals surface area (Å²) < 4.78 is 24.4. The van der Waals surface area contributed by atoms with Gasteiger partial charge in [0.2, 0.25) is 10.0 Å². The molecule has 2 N–H and O–H groups in total. The van der Waals surface area contributed by atoms with Crippen LogP contribution in [0.2, 0.25) is 0 Å². The van der Waals surface area contributed by atoms with Gasteiger partial charge in [0.15, 0.2) is 5.82 Å². The van der Waals surface area contributed by atoms with Gasteiger partial charge in [0, 0.05) is 31.8 Å². The summed E-state index contributed by atoms with van der Waals surface area (Å²) in [5, 5.41) is 9.39. The van der Waals surface area contributed by atoms with E-state index in [0.29, 0.717) is 22.8 Å². The number of carbonyl (C=O) groups is 1. The lowest BCUT2D eigenvalue weighted by Crippen LogP contribution is -2.33. The molecule has 0 aliphatic rings. The van der Waals surface area contributed by atoms with E-state index < -0.39 is 10.0 Å². The van der Waals surface area contributed by atoms with Crippen LogP contribution in [0, 0.1) is 6.92 Å². The Morgan fingerprint density at radius 1 is 1.35 bits per heavy atom. The first-order valence-corrected chi connectivity index (χ1v) is 8.58. The van der Waals surface area contributed by atoms with Gasteiger partial charge in [-0.3, -0.25) is 9.89 Å². The Hall–Kier alpha value is -2.26. The van der Waals surface area contributed by atoms with Gasteiger partial charge < -0.3 is 5.32 Å². The molecule has 23 heavy (non-hydrogen) atoms. The van der Waals surface area contributed by atoms with E-state index in [9.17, 15) is 13.2 Å². The summed E-state index contributed by atoms with van der Waals surface area (Å²) in [6, 6.07) is 6.85. The Labute approximate surface area is 135 Å². The summed E-state index contributed by atoms with van der Waals surface area (Å²) in [5.41, 5.74) is 1.13. The third-order valence-electron chi connectivity index (χ3n) is 3.18. The normalized spacial score (nSPS) is 11.7. The molecule has 0 aliphatic carbocycles. The van der Waals surface area contributed by atoms with Crippen LogP contribution in [0.5, 0.6) is 0 Å². The molecule has 0 bridgehead atoms. The Morgan fingerprint density at radius 3 is 2.70 bits per heavy atom. The molecule has 0 unspecified atom stereocenters. The van der Waals surface area contributed by atoms with Crippen molar-refractivity contribution in [3.05, 3.63) is 35.7 Å². The molecule has 1 heterocycles. The topological polar surface area (TPSA) is 108 Å². The predicted octanol–water partition coefficient (Wildman–Crippen LogP) is 0.401. The highest BCUT2D eigenvalue weighted by Gasteiger charge is 2.14. The van der Waals surface area contributed by atoms with Gasteiger partial charge in [0.05, 0.1) is 5.75 Å². The smallest absolute Gasteiger partial charge is 0.251 e. The minimum absolute atomic E-state index is 0.0450. The van der Waals surface area contributed by atoms with Crippen molar-refractivity contribution in [3.63, 3.8) is 0 Å². The number of nitrogens with one attached hydrogen (secondary N) is 2. The summed E-state index contributed by atoms with van der Waals surface area (Å²) in [6.45, 7) is 1.83. The largest absolute Gasteiger partial charge is 0.351 e. The van der Waals surface area contributed by atoms with Crippen molar-refractivity contribution in [2.45, 2.75) is 6.92 Å². The lowest BCUT2D eigenvalue weighted by molar-refractivity contribution is 0.0956. The molecule has 0 fully saturated rings. The molecule has 8 nitrogen and oxygen atoms in total. The average Bonchev–Trinajstić information content (AvgIpc) is 2.93. The number of H-pyrrole nitrogens is 1. The van der Waals surface area contributed by atoms with E-state index in [4.69, 9.17) is 0 Å².